The van der Waals surface area contributed by atoms with Crippen molar-refractivity contribution in [3.8, 4) is 0 Å². The highest BCUT2D eigenvalue weighted by Crippen LogP contribution is 2.36. The third-order valence-corrected chi connectivity index (χ3v) is 9.97. The van der Waals surface area contributed by atoms with Crippen LogP contribution in [0, 0.1) is 12.8 Å². The number of nitrogens with zero attached hydrogens (tertiary/aromatic N) is 3. The smallest absolute Gasteiger partial charge is 0.318 e. The van der Waals surface area contributed by atoms with Crippen LogP contribution >= 0.6 is 11.6 Å². The molecule has 0 bridgehead atoms. The molecule has 3 amide bonds. The normalized spacial score (nSPS) is 18.6. The molecule has 4 aromatic rings. The van der Waals surface area contributed by atoms with Gasteiger partial charge in [-0.25, -0.2) is 4.79 Å². The molecule has 0 aliphatic carbocycles. The monoisotopic (exact) mass is 625 g/mol. The van der Waals surface area contributed by atoms with Crippen molar-refractivity contribution in [2.24, 2.45) is 5.92 Å². The number of anilines is 1. The highest BCUT2D eigenvalue weighted by atomic mass is 35.5. The second-order valence-corrected chi connectivity index (χ2v) is 13.6. The number of hydrogen-bond donors (Lipinski definition) is 2. The summed E-state index contributed by atoms with van der Waals surface area (Å²) in [5, 5.41) is 4.97. The summed E-state index contributed by atoms with van der Waals surface area (Å²) < 4.78 is 0. The van der Waals surface area contributed by atoms with Crippen LogP contribution in [-0.4, -0.2) is 73.0 Å². The average Bonchev–Trinajstić information content (AvgIpc) is 3.47. The third kappa shape index (κ3) is 6.61. The molecule has 0 saturated carbocycles. The van der Waals surface area contributed by atoms with Crippen LogP contribution in [-0.2, 0) is 11.2 Å². The van der Waals surface area contributed by atoms with Crippen molar-refractivity contribution in [2.75, 3.05) is 45.2 Å². The molecule has 3 heterocycles. The number of H-pyrrole nitrogens is 1. The Morgan fingerprint density at radius 3 is 2.53 bits per heavy atom. The summed E-state index contributed by atoms with van der Waals surface area (Å²) in [6.07, 6.45) is 4.64. The molecular formula is C37H44ClN5O2. The lowest BCUT2D eigenvalue weighted by Crippen LogP contribution is -2.57. The molecule has 2 aliphatic rings. The largest absolute Gasteiger partial charge is 0.361 e. The standard InChI is InChI=1S/C37H44ClN5O2/c1-24-9-5-6-10-30(24)27-15-17-42(18-16-27)37(45)40-35(25(2)32-21-39-33-12-8-7-11-31(32)33)36(44)43-23-26(22-41(3)4)19-28-20-29(38)13-14-34(28)43/h5-14,20-21,25-27,35,39H,15-19,22-23H2,1-4H3,(H,40,45)/t25?,26-,35?/m1/s1. The highest BCUT2D eigenvalue weighted by Gasteiger charge is 2.38. The van der Waals surface area contributed by atoms with E-state index in [2.05, 4.69) is 66.6 Å². The van der Waals surface area contributed by atoms with Crippen molar-refractivity contribution in [3.05, 3.63) is 100 Å². The van der Waals surface area contributed by atoms with E-state index in [1.807, 2.05) is 59.3 Å². The zero-order chi connectivity index (χ0) is 31.7. The topological polar surface area (TPSA) is 71.7 Å². The van der Waals surface area contributed by atoms with E-state index in [1.165, 1.54) is 11.1 Å². The van der Waals surface area contributed by atoms with Gasteiger partial charge in [0.1, 0.15) is 6.04 Å². The number of benzene rings is 3. The summed E-state index contributed by atoms with van der Waals surface area (Å²) in [5.74, 6) is 0.313. The Morgan fingerprint density at radius 1 is 1.04 bits per heavy atom. The molecule has 236 valence electrons. The Hall–Kier alpha value is -3.81. The number of carbonyl (C=O) groups is 2. The van der Waals surface area contributed by atoms with Crippen molar-refractivity contribution in [1.82, 2.24) is 20.1 Å². The quantitative estimate of drug-likeness (QED) is 0.233. The van der Waals surface area contributed by atoms with E-state index in [9.17, 15) is 9.59 Å². The molecule has 8 heteroatoms. The lowest BCUT2D eigenvalue weighted by atomic mass is 9.87. The molecule has 6 rings (SSSR count). The predicted octanol–water partition coefficient (Wildman–Crippen LogP) is 6.96. The number of hydrogen-bond acceptors (Lipinski definition) is 3. The molecule has 7 nitrogen and oxygen atoms in total. The zero-order valence-corrected chi connectivity index (χ0v) is 27.5. The maximum Gasteiger partial charge on any atom is 0.318 e. The fourth-order valence-electron chi connectivity index (χ4n) is 7.44. The minimum absolute atomic E-state index is 0.0945. The molecule has 2 aliphatic heterocycles. The summed E-state index contributed by atoms with van der Waals surface area (Å²) in [6.45, 7) is 6.95. The number of fused-ring (bicyclic) bond motifs is 2. The number of urea groups is 1. The Balaban J connectivity index is 1.28. The van der Waals surface area contributed by atoms with Crippen molar-refractivity contribution in [3.63, 3.8) is 0 Å². The molecule has 3 aromatic carbocycles. The summed E-state index contributed by atoms with van der Waals surface area (Å²) in [7, 11) is 4.12. The molecule has 45 heavy (non-hydrogen) atoms. The minimum Gasteiger partial charge on any atom is -0.361 e. The first kappa shape index (κ1) is 31.2. The maximum atomic E-state index is 14.8. The van der Waals surface area contributed by atoms with Gasteiger partial charge in [0, 0.05) is 59.9 Å². The van der Waals surface area contributed by atoms with Gasteiger partial charge in [-0.3, -0.25) is 4.79 Å². The number of piperidine rings is 1. The SMILES string of the molecule is Cc1ccccc1C1CCN(C(=O)NC(C(=O)N2C[C@@H](CN(C)C)Cc3cc(Cl)ccc32)C(C)c2c[nH]c3ccccc23)CC1. The van der Waals surface area contributed by atoms with Crippen LogP contribution in [0.3, 0.4) is 0 Å². The van der Waals surface area contributed by atoms with Gasteiger partial charge in [-0.15, -0.1) is 0 Å². The number of amides is 3. The van der Waals surface area contributed by atoms with E-state index < -0.39 is 6.04 Å². The third-order valence-electron chi connectivity index (χ3n) is 9.74. The van der Waals surface area contributed by atoms with Crippen LogP contribution in [0.5, 0.6) is 0 Å². The maximum absolute atomic E-state index is 14.8. The van der Waals surface area contributed by atoms with Gasteiger partial charge in [-0.1, -0.05) is 61.0 Å². The summed E-state index contributed by atoms with van der Waals surface area (Å²) in [5.41, 5.74) is 6.64. The minimum atomic E-state index is -0.757. The molecule has 1 saturated heterocycles. The molecule has 0 spiro atoms. The Bertz CT molecular complexity index is 1670. The Kier molecular flexibility index (Phi) is 9.20. The number of aromatic nitrogens is 1. The summed E-state index contributed by atoms with van der Waals surface area (Å²) >= 11 is 6.43. The molecular weight excluding hydrogens is 582 g/mol. The number of carbonyl (C=O) groups excluding carboxylic acids is 2. The molecule has 0 radical (unpaired) electrons. The fraction of sp³-hybridized carbons (Fsp3) is 0.405. The molecule has 2 N–H and O–H groups in total. The molecule has 1 fully saturated rings. The van der Waals surface area contributed by atoms with E-state index in [0.29, 0.717) is 30.6 Å². The van der Waals surface area contributed by atoms with Gasteiger partial charge in [-0.2, -0.15) is 0 Å². The van der Waals surface area contributed by atoms with E-state index in [-0.39, 0.29) is 23.8 Å². The summed E-state index contributed by atoms with van der Waals surface area (Å²) in [4.78, 5) is 38.0. The zero-order valence-electron chi connectivity index (χ0n) is 26.7. The van der Waals surface area contributed by atoms with Crippen LogP contribution in [0.1, 0.15) is 53.9 Å². The number of likely N-dealkylation sites (tertiary alicyclic amines) is 1. The lowest BCUT2D eigenvalue weighted by molar-refractivity contribution is -0.121. The van der Waals surface area contributed by atoms with Crippen molar-refractivity contribution in [1.29, 1.82) is 0 Å². The van der Waals surface area contributed by atoms with Gasteiger partial charge in [0.2, 0.25) is 5.91 Å². The van der Waals surface area contributed by atoms with Crippen molar-refractivity contribution in [2.45, 2.75) is 51.0 Å². The number of aryl methyl sites for hydroxylation is 1. The van der Waals surface area contributed by atoms with Crippen molar-refractivity contribution < 1.29 is 9.59 Å². The molecule has 3 atom stereocenters. The van der Waals surface area contributed by atoms with Gasteiger partial charge >= 0.3 is 6.03 Å². The van der Waals surface area contributed by atoms with E-state index in [4.69, 9.17) is 11.6 Å². The first-order valence-corrected chi connectivity index (χ1v) is 16.5. The number of aromatic amines is 1. The number of halogens is 1. The van der Waals surface area contributed by atoms with Crippen LogP contribution in [0.15, 0.2) is 72.9 Å². The van der Waals surface area contributed by atoms with E-state index >= 15 is 0 Å². The Labute approximate surface area is 271 Å². The van der Waals surface area contributed by atoms with E-state index in [0.717, 1.165) is 53.5 Å². The Morgan fingerprint density at radius 2 is 1.78 bits per heavy atom. The van der Waals surface area contributed by atoms with Crippen LogP contribution < -0.4 is 10.2 Å². The van der Waals surface area contributed by atoms with Crippen LogP contribution in [0.25, 0.3) is 10.9 Å². The average molecular weight is 626 g/mol. The van der Waals surface area contributed by atoms with Gasteiger partial charge in [0.15, 0.2) is 0 Å². The van der Waals surface area contributed by atoms with Gasteiger partial charge in [0.25, 0.3) is 0 Å². The highest BCUT2D eigenvalue weighted by molar-refractivity contribution is 6.30. The van der Waals surface area contributed by atoms with Crippen molar-refractivity contribution >= 4 is 40.1 Å². The van der Waals surface area contributed by atoms with Gasteiger partial charge in [0.05, 0.1) is 0 Å². The predicted molar refractivity (Wildman–Crippen MR) is 183 cm³/mol. The van der Waals surface area contributed by atoms with E-state index in [1.54, 1.807) is 0 Å². The number of rotatable bonds is 7. The fourth-order valence-corrected chi connectivity index (χ4v) is 7.64. The number of nitrogens with one attached hydrogen (secondary N) is 2. The van der Waals surface area contributed by atoms with Crippen LogP contribution in [0.4, 0.5) is 10.5 Å². The molecule has 2 unspecified atom stereocenters. The van der Waals surface area contributed by atoms with Gasteiger partial charge in [-0.05, 0) is 98.6 Å². The lowest BCUT2D eigenvalue weighted by Gasteiger charge is -2.39. The first-order chi connectivity index (χ1) is 21.7. The summed E-state index contributed by atoms with van der Waals surface area (Å²) in [6, 6.07) is 21.5. The molecule has 1 aromatic heterocycles. The van der Waals surface area contributed by atoms with Gasteiger partial charge < -0.3 is 25.0 Å². The van der Waals surface area contributed by atoms with Crippen LogP contribution in [0.2, 0.25) is 5.02 Å². The number of para-hydroxylation sites is 1. The first-order valence-electron chi connectivity index (χ1n) is 16.1. The second-order valence-electron chi connectivity index (χ2n) is 13.2. The second kappa shape index (κ2) is 13.3.